The molecule has 20 heavy (non-hydrogen) atoms. The van der Waals surface area contributed by atoms with E-state index in [1.54, 1.807) is 19.2 Å². The first kappa shape index (κ1) is 15.5. The van der Waals surface area contributed by atoms with Gasteiger partial charge in [0, 0.05) is 19.2 Å². The van der Waals surface area contributed by atoms with Crippen molar-refractivity contribution < 1.29 is 19.1 Å². The molecule has 1 rings (SSSR count). The topological polar surface area (TPSA) is 79.6 Å². The summed E-state index contributed by atoms with van der Waals surface area (Å²) in [6.07, 6.45) is 0.979. The lowest BCUT2D eigenvalue weighted by atomic mass is 10.2. The van der Waals surface area contributed by atoms with Gasteiger partial charge in [-0.3, -0.25) is 9.59 Å². The van der Waals surface area contributed by atoms with Gasteiger partial charge in [-0.05, 0) is 18.2 Å². The number of likely N-dealkylation sites (N-methyl/N-ethyl adjacent to an activating group) is 1. The van der Waals surface area contributed by atoms with Gasteiger partial charge in [0.1, 0.15) is 6.29 Å². The Morgan fingerprint density at radius 3 is 2.80 bits per heavy atom. The summed E-state index contributed by atoms with van der Waals surface area (Å²) in [5.41, 5.74) is 0.465. The fraction of sp³-hybridized carbons (Fsp3) is 0.357. The third-order valence-corrected chi connectivity index (χ3v) is 2.66. The Hall–Kier alpha value is -2.55. The maximum atomic E-state index is 11.7. The van der Waals surface area contributed by atoms with E-state index in [4.69, 9.17) is 14.7 Å². The van der Waals surface area contributed by atoms with Gasteiger partial charge in [-0.2, -0.15) is 5.26 Å². The second-order valence-corrected chi connectivity index (χ2v) is 4.04. The molecule has 0 saturated heterocycles. The summed E-state index contributed by atoms with van der Waals surface area (Å²) in [6, 6.07) is 6.66. The van der Waals surface area contributed by atoms with E-state index < -0.39 is 0 Å². The average molecular weight is 276 g/mol. The number of nitriles is 1. The van der Waals surface area contributed by atoms with Crippen molar-refractivity contribution in [3.8, 4) is 17.6 Å². The average Bonchev–Trinajstić information content (AvgIpc) is 2.49. The van der Waals surface area contributed by atoms with Gasteiger partial charge in [0.25, 0.3) is 5.91 Å². The van der Waals surface area contributed by atoms with Gasteiger partial charge < -0.3 is 14.4 Å². The Bertz CT molecular complexity index is 522. The summed E-state index contributed by atoms with van der Waals surface area (Å²) in [5.74, 6) is 0.545. The van der Waals surface area contributed by atoms with Crippen LogP contribution in [0.3, 0.4) is 0 Å². The molecule has 0 saturated carbocycles. The number of benzene rings is 1. The Morgan fingerprint density at radius 2 is 2.20 bits per heavy atom. The minimum absolute atomic E-state index is 0.154. The molecule has 6 heteroatoms. The van der Waals surface area contributed by atoms with Crippen molar-refractivity contribution in [3.05, 3.63) is 23.8 Å². The van der Waals surface area contributed by atoms with Crippen molar-refractivity contribution in [3.63, 3.8) is 0 Å². The van der Waals surface area contributed by atoms with Crippen molar-refractivity contribution in [2.24, 2.45) is 0 Å². The molecule has 0 radical (unpaired) electrons. The van der Waals surface area contributed by atoms with Gasteiger partial charge in [-0.1, -0.05) is 0 Å². The first-order valence-electron chi connectivity index (χ1n) is 5.99. The van der Waals surface area contributed by atoms with E-state index in [0.29, 0.717) is 29.9 Å². The molecule has 0 aromatic heterocycles. The summed E-state index contributed by atoms with van der Waals surface area (Å²) in [7, 11) is 3.06. The SMILES string of the molecule is COc1cc(C=O)ccc1OCC(=O)N(C)CCC#N. The fourth-order valence-electron chi connectivity index (χ4n) is 1.47. The fourth-order valence-corrected chi connectivity index (χ4v) is 1.47. The summed E-state index contributed by atoms with van der Waals surface area (Å²) in [5, 5.41) is 8.46. The first-order chi connectivity index (χ1) is 9.62. The molecule has 0 heterocycles. The van der Waals surface area contributed by atoms with Crippen LogP contribution in [0.25, 0.3) is 0 Å². The predicted molar refractivity (Wildman–Crippen MR) is 71.7 cm³/mol. The third-order valence-electron chi connectivity index (χ3n) is 2.66. The lowest BCUT2D eigenvalue weighted by Crippen LogP contribution is -2.32. The van der Waals surface area contributed by atoms with Gasteiger partial charge in [0.05, 0.1) is 19.6 Å². The van der Waals surface area contributed by atoms with E-state index in [1.807, 2.05) is 6.07 Å². The normalized spacial score (nSPS) is 9.45. The molecule has 0 N–H and O–H groups in total. The number of methoxy groups -OCH3 is 1. The van der Waals surface area contributed by atoms with Crippen LogP contribution in [0.1, 0.15) is 16.8 Å². The van der Waals surface area contributed by atoms with Crippen molar-refractivity contribution in [1.29, 1.82) is 5.26 Å². The molecular formula is C14H16N2O4. The molecule has 0 aliphatic carbocycles. The maximum Gasteiger partial charge on any atom is 0.260 e. The molecule has 0 unspecified atom stereocenters. The van der Waals surface area contributed by atoms with Crippen molar-refractivity contribution in [2.45, 2.75) is 6.42 Å². The number of ether oxygens (including phenoxy) is 2. The zero-order valence-electron chi connectivity index (χ0n) is 11.5. The lowest BCUT2D eigenvalue weighted by molar-refractivity contribution is -0.132. The monoisotopic (exact) mass is 276 g/mol. The minimum atomic E-state index is -0.234. The second kappa shape index (κ2) is 7.79. The van der Waals surface area contributed by atoms with E-state index in [1.165, 1.54) is 18.1 Å². The number of carbonyl (C=O) groups is 2. The molecule has 0 bridgehead atoms. The number of nitrogens with zero attached hydrogens (tertiary/aromatic N) is 2. The van der Waals surface area contributed by atoms with Gasteiger partial charge in [-0.25, -0.2) is 0 Å². The molecule has 0 aliphatic rings. The van der Waals surface area contributed by atoms with E-state index in [-0.39, 0.29) is 18.9 Å². The minimum Gasteiger partial charge on any atom is -0.493 e. The summed E-state index contributed by atoms with van der Waals surface area (Å²) >= 11 is 0. The highest BCUT2D eigenvalue weighted by molar-refractivity contribution is 5.78. The number of hydrogen-bond donors (Lipinski definition) is 0. The molecule has 0 atom stereocenters. The van der Waals surface area contributed by atoms with Crippen molar-refractivity contribution in [1.82, 2.24) is 4.90 Å². The Kier molecular flexibility index (Phi) is 6.04. The van der Waals surface area contributed by atoms with Crippen LogP contribution >= 0.6 is 0 Å². The summed E-state index contributed by atoms with van der Waals surface area (Å²) in [4.78, 5) is 23.8. The zero-order chi connectivity index (χ0) is 15.0. The Morgan fingerprint density at radius 1 is 1.45 bits per heavy atom. The van der Waals surface area contributed by atoms with E-state index in [9.17, 15) is 9.59 Å². The molecular weight excluding hydrogens is 260 g/mol. The first-order valence-corrected chi connectivity index (χ1v) is 5.99. The van der Waals surface area contributed by atoms with E-state index in [0.717, 1.165) is 0 Å². The number of hydrogen-bond acceptors (Lipinski definition) is 5. The van der Waals surface area contributed by atoms with Crippen LogP contribution < -0.4 is 9.47 Å². The molecule has 0 fully saturated rings. The highest BCUT2D eigenvalue weighted by Crippen LogP contribution is 2.27. The van der Waals surface area contributed by atoms with E-state index >= 15 is 0 Å². The van der Waals surface area contributed by atoms with Crippen LogP contribution in [-0.4, -0.2) is 44.4 Å². The summed E-state index contributed by atoms with van der Waals surface area (Å²) in [6.45, 7) is 0.207. The molecule has 1 aromatic rings. The zero-order valence-corrected chi connectivity index (χ0v) is 11.5. The highest BCUT2D eigenvalue weighted by Gasteiger charge is 2.11. The lowest BCUT2D eigenvalue weighted by Gasteiger charge is -2.16. The largest absolute Gasteiger partial charge is 0.493 e. The summed E-state index contributed by atoms with van der Waals surface area (Å²) < 4.78 is 10.5. The smallest absolute Gasteiger partial charge is 0.260 e. The van der Waals surface area contributed by atoms with Gasteiger partial charge >= 0.3 is 0 Å². The predicted octanol–water partition coefficient (Wildman–Crippen LogP) is 1.26. The number of aldehydes is 1. The van der Waals surface area contributed by atoms with Crippen LogP contribution in [0.2, 0.25) is 0 Å². The van der Waals surface area contributed by atoms with Crippen LogP contribution in [0.15, 0.2) is 18.2 Å². The quantitative estimate of drug-likeness (QED) is 0.700. The molecule has 106 valence electrons. The van der Waals surface area contributed by atoms with Crippen LogP contribution in [0.4, 0.5) is 0 Å². The standard InChI is InChI=1S/C14H16N2O4/c1-16(7-3-6-15)14(18)10-20-12-5-4-11(9-17)8-13(12)19-2/h4-5,8-9H,3,7,10H2,1-2H3. The molecule has 0 spiro atoms. The Balaban J connectivity index is 2.63. The van der Waals surface area contributed by atoms with Crippen molar-refractivity contribution >= 4 is 12.2 Å². The van der Waals surface area contributed by atoms with Gasteiger partial charge in [0.2, 0.25) is 0 Å². The number of rotatable bonds is 7. The third kappa shape index (κ3) is 4.28. The van der Waals surface area contributed by atoms with Crippen LogP contribution in [-0.2, 0) is 4.79 Å². The number of amides is 1. The second-order valence-electron chi connectivity index (χ2n) is 4.04. The molecule has 0 aliphatic heterocycles. The van der Waals surface area contributed by atoms with Gasteiger partial charge in [-0.15, -0.1) is 0 Å². The van der Waals surface area contributed by atoms with Crippen LogP contribution in [0.5, 0.6) is 11.5 Å². The van der Waals surface area contributed by atoms with E-state index in [2.05, 4.69) is 0 Å². The molecule has 1 amide bonds. The van der Waals surface area contributed by atoms with Crippen LogP contribution in [0, 0.1) is 11.3 Å². The number of carbonyl (C=O) groups excluding carboxylic acids is 2. The van der Waals surface area contributed by atoms with Crippen molar-refractivity contribution in [2.75, 3.05) is 27.3 Å². The van der Waals surface area contributed by atoms with Gasteiger partial charge in [0.15, 0.2) is 18.1 Å². The molecule has 6 nitrogen and oxygen atoms in total. The maximum absolute atomic E-state index is 11.7. The Labute approximate surface area is 117 Å². The highest BCUT2D eigenvalue weighted by atomic mass is 16.5. The molecule has 1 aromatic carbocycles.